The van der Waals surface area contributed by atoms with Crippen LogP contribution in [0.5, 0.6) is 0 Å². The van der Waals surface area contributed by atoms with Crippen LogP contribution in [0.2, 0.25) is 0 Å². The quantitative estimate of drug-likeness (QED) is 0.201. The average Bonchev–Trinajstić information content (AvgIpc) is 2.76. The van der Waals surface area contributed by atoms with E-state index in [-0.39, 0.29) is 22.6 Å². The maximum Gasteiger partial charge on any atom is 0.525 e. The number of carbonyl (C=O) groups excluding carboxylic acids is 2. The maximum atomic E-state index is 12.7. The molecule has 2 aliphatic rings. The normalized spacial score (nSPS) is 21.0. The topological polar surface area (TPSA) is 80.8 Å². The van der Waals surface area contributed by atoms with E-state index in [4.69, 9.17) is 0 Å². The Hall–Kier alpha value is -2.55. The van der Waals surface area contributed by atoms with E-state index in [1.165, 1.54) is 43.6 Å². The molecule has 0 radical (unpaired) electrons. The first kappa shape index (κ1) is 27.7. The minimum absolute atomic E-state index is 0.130. The highest BCUT2D eigenvalue weighted by Gasteiger charge is 2.51. The molecular weight excluding hydrogens is 491 g/mol. The molecule has 2 bridgehead atoms. The number of amides is 2. The van der Waals surface area contributed by atoms with Crippen LogP contribution in [0.4, 0.5) is 13.2 Å². The first-order valence-corrected chi connectivity index (χ1v) is 13.0. The van der Waals surface area contributed by atoms with E-state index in [9.17, 15) is 31.2 Å². The minimum Gasteiger partial charge on any atom is -0.267 e. The highest BCUT2D eigenvalue weighted by atomic mass is 32.2. The molecule has 6 nitrogen and oxygen atoms in total. The summed E-state index contributed by atoms with van der Waals surface area (Å²) in [6.07, 6.45) is 11.4. The number of halogens is 3. The SMILES string of the molecule is C=C1/C=C\C=C2/C/C(=C\C=C1C#CCSCCCCCC)C(=O)N(OS(=O)(=O)C(F)(F)F)C2=O. The number of allylic oxidation sites excluding steroid dienone is 7. The number of unbranched alkanes of at least 4 members (excludes halogenated alkanes) is 3. The Morgan fingerprint density at radius 2 is 1.79 bits per heavy atom. The van der Waals surface area contributed by atoms with Gasteiger partial charge in [-0.1, -0.05) is 68.9 Å². The number of nitrogens with zero attached hydrogens (tertiary/aromatic N) is 1. The number of rotatable bonds is 8. The highest BCUT2D eigenvalue weighted by Crippen LogP contribution is 2.30. The van der Waals surface area contributed by atoms with Gasteiger partial charge in [-0.3, -0.25) is 9.59 Å². The number of thioether (sulfide) groups is 1. The number of hydroxylamine groups is 2. The molecule has 184 valence electrons. The van der Waals surface area contributed by atoms with Gasteiger partial charge in [0.15, 0.2) is 0 Å². The number of alkyl halides is 3. The Morgan fingerprint density at radius 1 is 1.12 bits per heavy atom. The van der Waals surface area contributed by atoms with Crippen molar-refractivity contribution >= 4 is 33.7 Å². The Labute approximate surface area is 201 Å². The van der Waals surface area contributed by atoms with E-state index in [1.807, 2.05) is 0 Å². The zero-order chi connectivity index (χ0) is 25.4. The van der Waals surface area contributed by atoms with E-state index in [2.05, 4.69) is 29.6 Å². The second-order valence-corrected chi connectivity index (χ2v) is 9.94. The summed E-state index contributed by atoms with van der Waals surface area (Å²) in [6.45, 7) is 6.05. The van der Waals surface area contributed by atoms with E-state index in [1.54, 1.807) is 17.8 Å². The third-order valence-corrected chi connectivity index (χ3v) is 6.52. The first-order valence-electron chi connectivity index (χ1n) is 10.4. The van der Waals surface area contributed by atoms with Gasteiger partial charge in [0, 0.05) is 23.1 Å². The second kappa shape index (κ2) is 12.2. The fourth-order valence-corrected chi connectivity index (χ4v) is 3.99. The van der Waals surface area contributed by atoms with Gasteiger partial charge in [-0.05, 0) is 23.8 Å². The molecule has 2 amide bonds. The predicted octanol–water partition coefficient (Wildman–Crippen LogP) is 4.75. The summed E-state index contributed by atoms with van der Waals surface area (Å²) in [5.41, 5.74) is -5.11. The molecule has 2 rings (SSSR count). The van der Waals surface area contributed by atoms with Gasteiger partial charge < -0.3 is 0 Å². The molecule has 1 saturated heterocycles. The van der Waals surface area contributed by atoms with Crippen molar-refractivity contribution < 1.29 is 35.5 Å². The summed E-state index contributed by atoms with van der Waals surface area (Å²) in [5, 5.41) is -0.386. The van der Waals surface area contributed by atoms with Gasteiger partial charge in [0.2, 0.25) is 0 Å². The smallest absolute Gasteiger partial charge is 0.267 e. The summed E-state index contributed by atoms with van der Waals surface area (Å²) in [7, 11) is -6.22. The molecule has 0 aromatic rings. The molecule has 1 heterocycles. The van der Waals surface area contributed by atoms with Crippen LogP contribution in [0.1, 0.15) is 39.0 Å². The lowest BCUT2D eigenvalue weighted by atomic mass is 9.96. The lowest BCUT2D eigenvalue weighted by molar-refractivity contribution is -0.170. The third-order valence-electron chi connectivity index (χ3n) is 4.69. The number of hydrogen-bond donors (Lipinski definition) is 0. The summed E-state index contributed by atoms with van der Waals surface area (Å²) in [4.78, 5) is 25.0. The fraction of sp³-hybridized carbons (Fsp3) is 0.391. The minimum atomic E-state index is -6.22. The fourth-order valence-electron chi connectivity index (χ4n) is 2.85. The number of hydrogen-bond acceptors (Lipinski definition) is 6. The average molecular weight is 516 g/mol. The Morgan fingerprint density at radius 3 is 2.44 bits per heavy atom. The Bertz CT molecular complexity index is 1120. The molecule has 1 aliphatic heterocycles. The van der Waals surface area contributed by atoms with E-state index >= 15 is 0 Å². The van der Waals surface area contributed by atoms with Crippen LogP contribution in [0, 0.1) is 11.8 Å². The number of piperidine rings is 1. The molecular formula is C23H24F3NO5S2. The molecule has 0 unspecified atom stereocenters. The van der Waals surface area contributed by atoms with Crippen LogP contribution >= 0.6 is 11.8 Å². The van der Waals surface area contributed by atoms with Gasteiger partial charge in [-0.2, -0.15) is 21.6 Å². The molecule has 0 spiro atoms. The van der Waals surface area contributed by atoms with Crippen LogP contribution in [-0.2, 0) is 24.0 Å². The standard InChI is InChI=1S/C23H24F3NO5S2/c1-3-4-5-6-14-33-15-8-11-18-12-13-20-16-19(10-7-9-17(18)2)21(28)27(22(20)29)32-34(30,31)23(24,25)26/h7,9-10,12-13H,2-6,14-16H2,1H3/b9-7-,18-12?,19-10+,20-13+. The van der Waals surface area contributed by atoms with Gasteiger partial charge >= 0.3 is 15.6 Å². The van der Waals surface area contributed by atoms with Crippen molar-refractivity contribution in [3.8, 4) is 11.8 Å². The van der Waals surface area contributed by atoms with Crippen LogP contribution in [0.3, 0.4) is 0 Å². The molecule has 0 N–H and O–H groups in total. The molecule has 0 atom stereocenters. The van der Waals surface area contributed by atoms with Crippen LogP contribution in [0.25, 0.3) is 0 Å². The molecule has 11 heteroatoms. The van der Waals surface area contributed by atoms with Crippen molar-refractivity contribution in [2.24, 2.45) is 0 Å². The second-order valence-electron chi connectivity index (χ2n) is 7.32. The Balaban J connectivity index is 2.25. The number of carbonyl (C=O) groups is 2. The summed E-state index contributed by atoms with van der Waals surface area (Å²) >= 11 is 1.70. The van der Waals surface area contributed by atoms with Crippen molar-refractivity contribution in [1.29, 1.82) is 0 Å². The number of fused-ring (bicyclic) bond motifs is 2. The van der Waals surface area contributed by atoms with E-state index < -0.39 is 27.4 Å². The predicted molar refractivity (Wildman–Crippen MR) is 124 cm³/mol. The number of imide groups is 1. The van der Waals surface area contributed by atoms with Crippen LogP contribution < -0.4 is 0 Å². The highest BCUT2D eigenvalue weighted by molar-refractivity contribution is 7.99. The molecule has 1 fully saturated rings. The molecule has 0 aromatic carbocycles. The van der Waals surface area contributed by atoms with Crippen LogP contribution in [-0.4, -0.2) is 42.3 Å². The maximum absolute atomic E-state index is 12.7. The van der Waals surface area contributed by atoms with E-state index in [0.29, 0.717) is 16.9 Å². The van der Waals surface area contributed by atoms with Crippen molar-refractivity contribution in [2.45, 2.75) is 44.5 Å². The largest absolute Gasteiger partial charge is 0.525 e. The zero-order valence-corrected chi connectivity index (χ0v) is 20.1. The molecule has 34 heavy (non-hydrogen) atoms. The lowest BCUT2D eigenvalue weighted by Crippen LogP contribution is -2.46. The van der Waals surface area contributed by atoms with Crippen molar-refractivity contribution in [1.82, 2.24) is 5.06 Å². The van der Waals surface area contributed by atoms with Gasteiger partial charge in [-0.25, -0.2) is 0 Å². The third kappa shape index (κ3) is 7.48. The van der Waals surface area contributed by atoms with Crippen molar-refractivity contribution in [3.63, 3.8) is 0 Å². The van der Waals surface area contributed by atoms with Gasteiger partial charge in [0.1, 0.15) is 0 Å². The summed E-state index contributed by atoms with van der Waals surface area (Å²) < 4.78 is 64.7. The summed E-state index contributed by atoms with van der Waals surface area (Å²) in [5.74, 6) is 4.95. The summed E-state index contributed by atoms with van der Waals surface area (Å²) in [6, 6.07) is 0. The van der Waals surface area contributed by atoms with Gasteiger partial charge in [0.05, 0.1) is 5.75 Å². The molecule has 0 saturated carbocycles. The monoisotopic (exact) mass is 515 g/mol. The molecule has 1 aliphatic carbocycles. The molecule has 0 aromatic heterocycles. The van der Waals surface area contributed by atoms with Crippen LogP contribution in [0.15, 0.2) is 59.3 Å². The lowest BCUT2D eigenvalue weighted by Gasteiger charge is -2.26. The van der Waals surface area contributed by atoms with E-state index in [0.717, 1.165) is 12.2 Å². The van der Waals surface area contributed by atoms with Crippen molar-refractivity contribution in [3.05, 3.63) is 59.3 Å². The van der Waals surface area contributed by atoms with Gasteiger partial charge in [-0.15, -0.1) is 21.1 Å². The Kier molecular flexibility index (Phi) is 9.97. The first-order chi connectivity index (χ1) is 16.0. The van der Waals surface area contributed by atoms with Gasteiger partial charge in [0.25, 0.3) is 11.8 Å². The van der Waals surface area contributed by atoms with Crippen molar-refractivity contribution in [2.75, 3.05) is 11.5 Å². The zero-order valence-electron chi connectivity index (χ0n) is 18.5.